The maximum absolute atomic E-state index is 15.0. The van der Waals surface area contributed by atoms with Crippen LogP contribution < -0.4 is 21.3 Å². The van der Waals surface area contributed by atoms with Crippen LogP contribution >= 0.6 is 22.7 Å². The molecule has 0 bridgehead atoms. The smallest absolute Gasteiger partial charge is 0.367 e. The lowest BCUT2D eigenvalue weighted by Crippen LogP contribution is -2.42. The van der Waals surface area contributed by atoms with Gasteiger partial charge in [0.25, 0.3) is 11.8 Å². The third-order valence-corrected chi connectivity index (χ3v) is 14.4. The number of aromatic carboxylic acids is 1. The molecule has 2 aliphatic carbocycles. The standard InChI is InChI=1S/C26H25F3N6O3S.C24H21F3N6O3S/c1-3-38-26(37)25-34-19(11-39-25)24(36)33-15-6-4-5-14(9-15)32-23-20(29)12(2)31-22(35-23)17-10-30-21-16(17)7-13(27)8-18(21)28;1-10-18(27)21(33-20(29-10)15-8-28-19-14(15)5-11(25)6-16(19)26)30-12-3-2-4-13(7-12)31-22(34)17-9-37-23(32-17)24(35)36/h7-8,10-11,14-15,30H,3-6,9H2,1-2H3,(H,33,36)(H,31,32,35);5-6,8-9,12-13,28H,2-4,7H2,1H3,(H,31,34)(H,35,36)(H,29,30,33)/t14-,15+;12-,13+/m00/s1. The molecule has 7 N–H and O–H groups in total. The number of ether oxygens (including phenoxy) is 1. The molecule has 0 saturated heterocycles. The number of rotatable bonds is 13. The van der Waals surface area contributed by atoms with E-state index in [1.54, 1.807) is 6.92 Å². The van der Waals surface area contributed by atoms with Gasteiger partial charge < -0.3 is 41.1 Å². The van der Waals surface area contributed by atoms with Gasteiger partial charge in [0.15, 0.2) is 34.9 Å². The number of amides is 2. The zero-order chi connectivity index (χ0) is 53.9. The molecule has 18 nitrogen and oxygen atoms in total. The van der Waals surface area contributed by atoms with Crippen LogP contribution in [-0.2, 0) is 4.74 Å². The van der Waals surface area contributed by atoms with Crippen LogP contribution in [0.3, 0.4) is 0 Å². The predicted octanol–water partition coefficient (Wildman–Crippen LogP) is 9.80. The van der Waals surface area contributed by atoms with Crippen molar-refractivity contribution in [3.05, 3.63) is 115 Å². The number of halogens is 6. The van der Waals surface area contributed by atoms with Crippen LogP contribution in [0.25, 0.3) is 44.6 Å². The van der Waals surface area contributed by atoms with Gasteiger partial charge >= 0.3 is 11.9 Å². The highest BCUT2D eigenvalue weighted by atomic mass is 32.1. The number of esters is 1. The average molecular weight is 1090 g/mol. The molecule has 0 radical (unpaired) electrons. The summed E-state index contributed by atoms with van der Waals surface area (Å²) in [5, 5.41) is 24.4. The first-order valence-electron chi connectivity index (χ1n) is 23.9. The molecule has 2 saturated carbocycles. The SMILES string of the molecule is CCOC(=O)c1nc(C(=O)N[C@@H]2CCC[C@H](Nc3nc(-c4c[nH]c5c(F)cc(F)cc45)nc(C)c3F)C2)cs1.Cc1nc(-c2c[nH]c3c(F)cc(F)cc23)nc(N[C@H]2CCC[C@@H](NC(=O)c3csc(C(=O)O)n3)C2)c1F. The Kier molecular flexibility index (Phi) is 15.6. The van der Waals surface area contributed by atoms with Crippen LogP contribution in [0, 0.1) is 48.8 Å². The van der Waals surface area contributed by atoms with Gasteiger partial charge in [0.05, 0.1) is 29.0 Å². The van der Waals surface area contributed by atoms with Gasteiger partial charge in [-0.05, 0) is 84.3 Å². The molecule has 4 atom stereocenters. The van der Waals surface area contributed by atoms with E-state index >= 15 is 4.39 Å². The van der Waals surface area contributed by atoms with Crippen LogP contribution in [0.15, 0.2) is 47.4 Å². The van der Waals surface area contributed by atoms with Crippen molar-refractivity contribution >= 4 is 79.9 Å². The van der Waals surface area contributed by atoms with E-state index < -0.39 is 58.7 Å². The van der Waals surface area contributed by atoms with Gasteiger partial charge in [-0.1, -0.05) is 0 Å². The lowest BCUT2D eigenvalue weighted by molar-refractivity contribution is 0.0525. The Morgan fingerprint density at radius 1 is 0.632 bits per heavy atom. The van der Waals surface area contributed by atoms with Crippen LogP contribution in [-0.4, -0.2) is 99.5 Å². The van der Waals surface area contributed by atoms with Crippen LogP contribution in [0.1, 0.15) is 110 Å². The summed E-state index contributed by atoms with van der Waals surface area (Å²) in [5.74, 6) is -6.78. The number of carboxylic acids is 1. The summed E-state index contributed by atoms with van der Waals surface area (Å²) in [4.78, 5) is 78.6. The van der Waals surface area contributed by atoms with Crippen molar-refractivity contribution in [1.29, 1.82) is 0 Å². The Labute approximate surface area is 435 Å². The summed E-state index contributed by atoms with van der Waals surface area (Å²) in [6.07, 6.45) is 8.25. The molecule has 26 heteroatoms. The summed E-state index contributed by atoms with van der Waals surface area (Å²) in [5.41, 5.74) is 1.18. The van der Waals surface area contributed by atoms with Crippen LogP contribution in [0.4, 0.5) is 38.0 Å². The largest absolute Gasteiger partial charge is 0.476 e. The molecule has 6 heterocycles. The first kappa shape index (κ1) is 52.8. The van der Waals surface area contributed by atoms with E-state index in [9.17, 15) is 41.1 Å². The number of anilines is 2. The quantitative estimate of drug-likeness (QED) is 0.0419. The van der Waals surface area contributed by atoms with Gasteiger partial charge in [0.1, 0.15) is 34.7 Å². The Morgan fingerprint density at radius 2 is 1.07 bits per heavy atom. The highest BCUT2D eigenvalue weighted by Gasteiger charge is 2.29. The number of carbonyl (C=O) groups is 4. The van der Waals surface area contributed by atoms with Gasteiger partial charge in [0.2, 0.25) is 10.0 Å². The maximum atomic E-state index is 15.0. The molecule has 6 aromatic heterocycles. The highest BCUT2D eigenvalue weighted by Crippen LogP contribution is 2.34. The van der Waals surface area contributed by atoms with Crippen LogP contribution in [0.5, 0.6) is 0 Å². The molecule has 2 fully saturated rings. The number of carboxylic acid groups (broad SMARTS) is 1. The molecule has 76 heavy (non-hydrogen) atoms. The number of H-pyrrole nitrogens is 2. The number of benzene rings is 2. The Morgan fingerprint density at radius 3 is 1.50 bits per heavy atom. The molecule has 0 aliphatic heterocycles. The predicted molar refractivity (Wildman–Crippen MR) is 269 cm³/mol. The molecule has 8 aromatic rings. The van der Waals surface area contributed by atoms with Crippen molar-refractivity contribution in [2.24, 2.45) is 0 Å². The van der Waals surface area contributed by atoms with Crippen molar-refractivity contribution < 1.29 is 55.4 Å². The van der Waals surface area contributed by atoms with Crippen molar-refractivity contribution in [3.8, 4) is 22.8 Å². The van der Waals surface area contributed by atoms with Gasteiger partial charge in [-0.3, -0.25) is 9.59 Å². The second-order valence-electron chi connectivity index (χ2n) is 18.1. The summed E-state index contributed by atoms with van der Waals surface area (Å²) in [6, 6.07) is 3.01. The number of nitrogens with one attached hydrogen (secondary N) is 6. The van der Waals surface area contributed by atoms with E-state index in [0.717, 1.165) is 66.6 Å². The van der Waals surface area contributed by atoms with E-state index in [-0.39, 0.29) is 109 Å². The normalized spacial score (nSPS) is 17.4. The van der Waals surface area contributed by atoms with Crippen molar-refractivity contribution in [1.82, 2.24) is 50.5 Å². The topological polar surface area (TPSA) is 255 Å². The van der Waals surface area contributed by atoms with Crippen molar-refractivity contribution in [2.75, 3.05) is 17.2 Å². The van der Waals surface area contributed by atoms with E-state index in [4.69, 9.17) is 9.84 Å². The number of aromatic amines is 2. The molecular formula is C50H46F6N12O6S2. The van der Waals surface area contributed by atoms with Crippen LogP contribution in [0.2, 0.25) is 0 Å². The monoisotopic (exact) mass is 1090 g/mol. The zero-order valence-electron chi connectivity index (χ0n) is 40.5. The number of carbonyl (C=O) groups excluding carboxylic acids is 3. The third kappa shape index (κ3) is 11.6. The number of fused-ring (bicyclic) bond motifs is 2. The minimum Gasteiger partial charge on any atom is -0.476 e. The van der Waals surface area contributed by atoms with E-state index in [0.29, 0.717) is 36.8 Å². The van der Waals surface area contributed by atoms with Crippen molar-refractivity contribution in [2.45, 2.75) is 96.3 Å². The fraction of sp³-hybridized carbons (Fsp3) is 0.320. The number of thiazole rings is 2. The maximum Gasteiger partial charge on any atom is 0.367 e. The van der Waals surface area contributed by atoms with Gasteiger partial charge in [-0.25, -0.2) is 65.8 Å². The number of aromatic nitrogens is 8. The summed E-state index contributed by atoms with van der Waals surface area (Å²) in [6.45, 7) is 4.87. The zero-order valence-corrected chi connectivity index (χ0v) is 42.2. The fourth-order valence-electron chi connectivity index (χ4n) is 9.18. The Hall–Kier alpha value is -8.00. The lowest BCUT2D eigenvalue weighted by atomic mass is 9.91. The summed E-state index contributed by atoms with van der Waals surface area (Å²) < 4.78 is 91.0. The first-order valence-corrected chi connectivity index (χ1v) is 25.7. The van der Waals surface area contributed by atoms with E-state index in [1.807, 2.05) is 0 Å². The number of hydrogen-bond acceptors (Lipinski definition) is 15. The van der Waals surface area contributed by atoms with Gasteiger partial charge in [-0.2, -0.15) is 0 Å². The highest BCUT2D eigenvalue weighted by molar-refractivity contribution is 7.12. The van der Waals surface area contributed by atoms with E-state index in [1.165, 1.54) is 43.1 Å². The molecule has 0 spiro atoms. The Bertz CT molecular complexity index is 3530. The number of nitrogens with zero attached hydrogens (tertiary/aromatic N) is 6. The molecule has 2 aromatic carbocycles. The van der Waals surface area contributed by atoms with E-state index in [2.05, 4.69) is 61.1 Å². The molecule has 396 valence electrons. The molecule has 10 rings (SSSR count). The minimum absolute atomic E-state index is 0.0284. The first-order chi connectivity index (χ1) is 36.4. The second-order valence-corrected chi connectivity index (χ2v) is 19.8. The summed E-state index contributed by atoms with van der Waals surface area (Å²) in [7, 11) is 0. The molecular weight excluding hydrogens is 1040 g/mol. The average Bonchev–Trinajstić information content (AvgIpc) is 4.22. The fourth-order valence-corrected chi connectivity index (χ4v) is 10.5. The third-order valence-electron chi connectivity index (χ3n) is 12.7. The second kappa shape index (κ2) is 22.5. The number of aryl methyl sites for hydroxylation is 2. The Balaban J connectivity index is 0.000000186. The lowest BCUT2D eigenvalue weighted by Gasteiger charge is -2.30. The van der Waals surface area contributed by atoms with Gasteiger partial charge in [0, 0.05) is 81.4 Å². The molecule has 0 unspecified atom stereocenters. The van der Waals surface area contributed by atoms with Gasteiger partial charge in [-0.15, -0.1) is 22.7 Å². The minimum atomic E-state index is -1.20. The summed E-state index contributed by atoms with van der Waals surface area (Å²) >= 11 is 1.91. The molecule has 2 amide bonds. The number of hydrogen-bond donors (Lipinski definition) is 7. The van der Waals surface area contributed by atoms with Crippen molar-refractivity contribution in [3.63, 3.8) is 0 Å². The molecule has 2 aliphatic rings.